The molecule has 0 aliphatic carbocycles. The zero-order valence-corrected chi connectivity index (χ0v) is 17.2. The Hall–Kier alpha value is -2.53. The maximum Gasteiger partial charge on any atom is 0.319 e. The summed E-state index contributed by atoms with van der Waals surface area (Å²) in [6.07, 6.45) is 0. The van der Waals surface area contributed by atoms with Gasteiger partial charge in [0.2, 0.25) is 0 Å². The molecule has 0 aromatic heterocycles. The Morgan fingerprint density at radius 1 is 1.11 bits per heavy atom. The minimum absolute atomic E-state index is 0.0723. The van der Waals surface area contributed by atoms with Gasteiger partial charge in [0.15, 0.2) is 0 Å². The summed E-state index contributed by atoms with van der Waals surface area (Å²) in [7, 11) is 5.67. The third-order valence-electron chi connectivity index (χ3n) is 4.75. The Balaban J connectivity index is 2.06. The second-order valence-corrected chi connectivity index (χ2v) is 7.28. The molecule has 2 N–H and O–H groups in total. The van der Waals surface area contributed by atoms with Gasteiger partial charge in [-0.3, -0.25) is 0 Å². The molecule has 0 spiro atoms. The zero-order chi connectivity index (χ0) is 20.0. The highest BCUT2D eigenvalue weighted by Gasteiger charge is 2.17. The zero-order valence-electron chi connectivity index (χ0n) is 17.2. The number of nitrogens with one attached hydrogen (secondary N) is 2. The van der Waals surface area contributed by atoms with Gasteiger partial charge in [0.25, 0.3) is 0 Å². The second-order valence-electron chi connectivity index (χ2n) is 7.28. The molecule has 2 amide bonds. The van der Waals surface area contributed by atoms with Crippen molar-refractivity contribution >= 4 is 11.7 Å². The molecule has 1 unspecified atom stereocenters. The molecular weight excluding hydrogens is 338 g/mol. The lowest BCUT2D eigenvalue weighted by atomic mass is 9.98. The van der Waals surface area contributed by atoms with Crippen molar-refractivity contribution in [3.63, 3.8) is 0 Å². The molecule has 0 saturated heterocycles. The Kier molecular flexibility index (Phi) is 7.25. The molecule has 0 aliphatic rings. The summed E-state index contributed by atoms with van der Waals surface area (Å²) < 4.78 is 5.22. The molecule has 146 valence electrons. The fourth-order valence-corrected chi connectivity index (χ4v) is 3.11. The number of hydrogen-bond acceptors (Lipinski definition) is 3. The largest absolute Gasteiger partial charge is 0.497 e. The molecule has 27 heavy (non-hydrogen) atoms. The van der Waals surface area contributed by atoms with Gasteiger partial charge in [-0.2, -0.15) is 0 Å². The van der Waals surface area contributed by atoms with E-state index in [0.29, 0.717) is 12.5 Å². The average molecular weight is 370 g/mol. The van der Waals surface area contributed by atoms with Crippen LogP contribution in [0.3, 0.4) is 0 Å². The Labute approximate surface area is 162 Å². The van der Waals surface area contributed by atoms with Gasteiger partial charge in [-0.25, -0.2) is 4.79 Å². The Bertz CT molecular complexity index is 755. The molecule has 0 radical (unpaired) electrons. The fraction of sp³-hybridized carbons (Fsp3) is 0.409. The van der Waals surface area contributed by atoms with Crippen LogP contribution in [0.2, 0.25) is 0 Å². The fourth-order valence-electron chi connectivity index (χ4n) is 3.11. The van der Waals surface area contributed by atoms with Crippen LogP contribution >= 0.6 is 0 Å². The van der Waals surface area contributed by atoms with Crippen LogP contribution in [-0.2, 0) is 0 Å². The number of para-hydroxylation sites is 1. The van der Waals surface area contributed by atoms with E-state index in [-0.39, 0.29) is 12.1 Å². The van der Waals surface area contributed by atoms with Crippen molar-refractivity contribution < 1.29 is 9.53 Å². The summed E-state index contributed by atoms with van der Waals surface area (Å²) in [6, 6.07) is 13.9. The highest BCUT2D eigenvalue weighted by atomic mass is 16.5. The van der Waals surface area contributed by atoms with Crippen LogP contribution in [0.15, 0.2) is 42.5 Å². The highest BCUT2D eigenvalue weighted by Crippen LogP contribution is 2.27. The number of methoxy groups -OCH3 is 1. The van der Waals surface area contributed by atoms with Crippen LogP contribution in [0.4, 0.5) is 10.5 Å². The number of carbonyl (C=O) groups is 1. The maximum absolute atomic E-state index is 12.5. The van der Waals surface area contributed by atoms with E-state index in [0.717, 1.165) is 28.1 Å². The summed E-state index contributed by atoms with van der Waals surface area (Å²) in [4.78, 5) is 14.6. The van der Waals surface area contributed by atoms with Gasteiger partial charge in [-0.1, -0.05) is 44.2 Å². The predicted molar refractivity (Wildman–Crippen MR) is 112 cm³/mol. The van der Waals surface area contributed by atoms with Crippen molar-refractivity contribution in [1.29, 1.82) is 0 Å². The number of hydrogen-bond donors (Lipinski definition) is 2. The first-order valence-corrected chi connectivity index (χ1v) is 9.28. The van der Waals surface area contributed by atoms with Crippen LogP contribution in [0.5, 0.6) is 5.75 Å². The Morgan fingerprint density at radius 3 is 2.33 bits per heavy atom. The molecule has 2 aromatic carbocycles. The quantitative estimate of drug-likeness (QED) is 0.753. The van der Waals surface area contributed by atoms with E-state index in [1.807, 2.05) is 57.4 Å². The maximum atomic E-state index is 12.5. The normalized spacial score (nSPS) is 12.1. The molecule has 0 fully saturated rings. The summed E-state index contributed by atoms with van der Waals surface area (Å²) in [5.41, 5.74) is 4.23. The van der Waals surface area contributed by atoms with E-state index in [2.05, 4.69) is 35.4 Å². The molecule has 0 bridgehead atoms. The van der Waals surface area contributed by atoms with Crippen LogP contribution in [0, 0.1) is 6.92 Å². The van der Waals surface area contributed by atoms with Gasteiger partial charge in [-0.05, 0) is 55.8 Å². The molecular formula is C22H31N3O2. The minimum Gasteiger partial charge on any atom is -0.497 e. The van der Waals surface area contributed by atoms with E-state index < -0.39 is 0 Å². The summed E-state index contributed by atoms with van der Waals surface area (Å²) in [5, 5.41) is 6.05. The predicted octanol–water partition coefficient (Wildman–Crippen LogP) is 4.55. The first-order valence-electron chi connectivity index (χ1n) is 9.28. The minimum atomic E-state index is -0.188. The SMILES string of the molecule is COc1ccc(C(CNC(=O)Nc2c(C)cccc2C(C)C)N(C)C)cc1. The molecule has 2 aromatic rings. The summed E-state index contributed by atoms with van der Waals surface area (Å²) in [6.45, 7) is 6.78. The third-order valence-corrected chi connectivity index (χ3v) is 4.75. The number of nitrogens with zero attached hydrogens (tertiary/aromatic N) is 1. The number of urea groups is 1. The van der Waals surface area contributed by atoms with Gasteiger partial charge in [0, 0.05) is 12.2 Å². The van der Waals surface area contributed by atoms with E-state index in [9.17, 15) is 4.79 Å². The molecule has 1 atom stereocenters. The van der Waals surface area contributed by atoms with Crippen molar-refractivity contribution in [1.82, 2.24) is 10.2 Å². The Morgan fingerprint density at radius 2 is 1.78 bits per heavy atom. The standard InChI is InChI=1S/C22H31N3O2/c1-15(2)19-9-7-8-16(3)21(19)24-22(26)23-14-20(25(4)5)17-10-12-18(27-6)13-11-17/h7-13,15,20H,14H2,1-6H3,(H2,23,24,26). The van der Waals surface area contributed by atoms with E-state index in [1.165, 1.54) is 0 Å². The number of aryl methyl sites for hydroxylation is 1. The van der Waals surface area contributed by atoms with Crippen LogP contribution in [0.1, 0.15) is 42.5 Å². The third kappa shape index (κ3) is 5.47. The smallest absolute Gasteiger partial charge is 0.319 e. The second kappa shape index (κ2) is 9.42. The number of ether oxygens (including phenoxy) is 1. The lowest BCUT2D eigenvalue weighted by Gasteiger charge is -2.25. The molecule has 2 rings (SSSR count). The van der Waals surface area contributed by atoms with Crippen molar-refractivity contribution in [3.8, 4) is 5.75 Å². The van der Waals surface area contributed by atoms with Crippen molar-refractivity contribution in [2.75, 3.05) is 33.1 Å². The van der Waals surface area contributed by atoms with Crippen LogP contribution < -0.4 is 15.4 Å². The van der Waals surface area contributed by atoms with Crippen molar-refractivity contribution in [2.45, 2.75) is 32.7 Å². The molecule has 5 nitrogen and oxygen atoms in total. The number of rotatable bonds is 7. The van der Waals surface area contributed by atoms with Crippen LogP contribution in [-0.4, -0.2) is 38.7 Å². The first-order chi connectivity index (χ1) is 12.8. The van der Waals surface area contributed by atoms with Crippen molar-refractivity contribution in [2.24, 2.45) is 0 Å². The van der Waals surface area contributed by atoms with E-state index in [1.54, 1.807) is 7.11 Å². The molecule has 0 heterocycles. The van der Waals surface area contributed by atoms with Gasteiger partial charge in [-0.15, -0.1) is 0 Å². The van der Waals surface area contributed by atoms with Crippen molar-refractivity contribution in [3.05, 3.63) is 59.2 Å². The lowest BCUT2D eigenvalue weighted by molar-refractivity contribution is 0.243. The van der Waals surface area contributed by atoms with Gasteiger partial charge in [0.05, 0.1) is 13.2 Å². The molecule has 5 heteroatoms. The molecule has 0 aliphatic heterocycles. The molecule has 0 saturated carbocycles. The number of carbonyl (C=O) groups excluding carboxylic acids is 1. The topological polar surface area (TPSA) is 53.6 Å². The number of benzene rings is 2. The van der Waals surface area contributed by atoms with Crippen LogP contribution in [0.25, 0.3) is 0 Å². The summed E-state index contributed by atoms with van der Waals surface area (Å²) >= 11 is 0. The van der Waals surface area contributed by atoms with E-state index in [4.69, 9.17) is 4.74 Å². The van der Waals surface area contributed by atoms with E-state index >= 15 is 0 Å². The monoisotopic (exact) mass is 369 g/mol. The summed E-state index contributed by atoms with van der Waals surface area (Å²) in [5.74, 6) is 1.16. The number of anilines is 1. The van der Waals surface area contributed by atoms with Gasteiger partial charge >= 0.3 is 6.03 Å². The first kappa shape index (κ1) is 20.8. The highest BCUT2D eigenvalue weighted by molar-refractivity contribution is 5.91. The number of likely N-dealkylation sites (N-methyl/N-ethyl adjacent to an activating group) is 1. The van der Waals surface area contributed by atoms with Gasteiger partial charge < -0.3 is 20.3 Å². The number of amides is 2. The lowest BCUT2D eigenvalue weighted by Crippen LogP contribution is -2.37. The average Bonchev–Trinajstić information content (AvgIpc) is 2.63. The van der Waals surface area contributed by atoms with Gasteiger partial charge in [0.1, 0.15) is 5.75 Å².